The van der Waals surface area contributed by atoms with E-state index in [0.29, 0.717) is 5.82 Å². The number of fused-ring (bicyclic) bond motifs is 1. The molecule has 1 saturated carbocycles. The Labute approximate surface area is 156 Å². The monoisotopic (exact) mass is 370 g/mol. The van der Waals surface area contributed by atoms with Gasteiger partial charge in [0.15, 0.2) is 0 Å². The second-order valence-corrected chi connectivity index (χ2v) is 6.91. The number of ether oxygens (including phenoxy) is 1. The van der Waals surface area contributed by atoms with Gasteiger partial charge in [0, 0.05) is 43.1 Å². The zero-order valence-corrected chi connectivity index (χ0v) is 15.6. The molecule has 1 aliphatic carbocycles. The molecule has 3 heterocycles. The first-order valence-electron chi connectivity index (χ1n) is 8.35. The van der Waals surface area contributed by atoms with E-state index in [1.54, 1.807) is 37.9 Å². The maximum absolute atomic E-state index is 8.78. The number of nitrogens with two attached hydrogens (primary N) is 1. The summed E-state index contributed by atoms with van der Waals surface area (Å²) in [7, 11) is 3.34. The summed E-state index contributed by atoms with van der Waals surface area (Å²) in [4.78, 5) is 13.8. The average molecular weight is 370 g/mol. The van der Waals surface area contributed by atoms with E-state index in [-0.39, 0.29) is 12.2 Å². The molecule has 0 spiro atoms. The van der Waals surface area contributed by atoms with Gasteiger partial charge >= 0.3 is 0 Å². The molecule has 3 aromatic rings. The van der Waals surface area contributed by atoms with Crippen molar-refractivity contribution >= 4 is 33.6 Å². The Kier molecular flexibility index (Phi) is 5.92. The van der Waals surface area contributed by atoms with Crippen LogP contribution in [0.1, 0.15) is 18.4 Å². The Morgan fingerprint density at radius 1 is 1.35 bits per heavy atom. The van der Waals surface area contributed by atoms with Crippen molar-refractivity contribution in [3.8, 4) is 11.3 Å². The Hall–Kier alpha value is -2.35. The number of thiophene rings is 1. The van der Waals surface area contributed by atoms with E-state index in [1.807, 2.05) is 17.5 Å². The van der Waals surface area contributed by atoms with Crippen molar-refractivity contribution in [1.29, 1.82) is 0 Å². The number of aromatic nitrogens is 2. The number of anilines is 1. The van der Waals surface area contributed by atoms with Gasteiger partial charge in [-0.25, -0.2) is 9.97 Å². The molecule has 0 aromatic carbocycles. The quantitative estimate of drug-likeness (QED) is 0.691. The molecule has 1 aliphatic rings. The number of nitrogen functional groups attached to an aromatic ring is 1. The van der Waals surface area contributed by atoms with E-state index in [0.717, 1.165) is 39.9 Å². The third-order valence-electron chi connectivity index (χ3n) is 4.31. The number of pyridine rings is 2. The third kappa shape index (κ3) is 4.07. The summed E-state index contributed by atoms with van der Waals surface area (Å²) in [6.45, 7) is 0. The van der Waals surface area contributed by atoms with E-state index in [1.165, 1.54) is 0 Å². The van der Waals surface area contributed by atoms with E-state index in [4.69, 9.17) is 15.6 Å². The predicted molar refractivity (Wildman–Crippen MR) is 107 cm³/mol. The van der Waals surface area contributed by atoms with Gasteiger partial charge in [0.05, 0.1) is 17.9 Å². The maximum atomic E-state index is 8.78. The van der Waals surface area contributed by atoms with Crippen LogP contribution >= 0.6 is 11.3 Å². The molecule has 136 valence electrons. The van der Waals surface area contributed by atoms with Crippen molar-refractivity contribution in [3.05, 3.63) is 41.4 Å². The fourth-order valence-electron chi connectivity index (χ4n) is 2.61. The summed E-state index contributed by atoms with van der Waals surface area (Å²) in [5.74, 6) is 0.478. The summed E-state index contributed by atoms with van der Waals surface area (Å²) in [5.41, 5.74) is 8.46. The summed E-state index contributed by atoms with van der Waals surface area (Å²) >= 11 is 1.63. The predicted octanol–water partition coefficient (Wildman–Crippen LogP) is 3.15. The number of hydrogen-bond donors (Lipinski definition) is 2. The molecule has 7 heteroatoms. The van der Waals surface area contributed by atoms with Gasteiger partial charge < -0.3 is 15.6 Å². The molecule has 1 fully saturated rings. The zero-order chi connectivity index (χ0) is 18.5. The lowest BCUT2D eigenvalue weighted by atomic mass is 9.92. The molecule has 0 bridgehead atoms. The largest absolute Gasteiger partial charge is 0.390 e. The zero-order valence-electron chi connectivity index (χ0n) is 14.8. The van der Waals surface area contributed by atoms with Gasteiger partial charge in [-0.15, -0.1) is 11.3 Å². The SMILES string of the molecule is CN=Cc1cc(-c2ccc3ccsc3n2)cnc1N.COC1CCC1O. The highest BCUT2D eigenvalue weighted by atomic mass is 32.1. The molecule has 2 atom stereocenters. The Balaban J connectivity index is 0.000000236. The second kappa shape index (κ2) is 8.35. The van der Waals surface area contributed by atoms with Crippen LogP contribution in [0.4, 0.5) is 5.82 Å². The first kappa shape index (κ1) is 18.4. The van der Waals surface area contributed by atoms with Crippen LogP contribution in [0.5, 0.6) is 0 Å². The van der Waals surface area contributed by atoms with Gasteiger partial charge in [-0.3, -0.25) is 4.99 Å². The minimum Gasteiger partial charge on any atom is -0.390 e. The van der Waals surface area contributed by atoms with Crippen molar-refractivity contribution in [1.82, 2.24) is 9.97 Å². The lowest BCUT2D eigenvalue weighted by Gasteiger charge is -2.30. The van der Waals surface area contributed by atoms with Crippen LogP contribution in [-0.4, -0.2) is 47.7 Å². The van der Waals surface area contributed by atoms with Crippen molar-refractivity contribution in [2.75, 3.05) is 19.9 Å². The van der Waals surface area contributed by atoms with Gasteiger partial charge in [0.25, 0.3) is 0 Å². The minimum atomic E-state index is -0.176. The normalized spacial score (nSPS) is 19.2. The molecule has 6 nitrogen and oxygen atoms in total. The van der Waals surface area contributed by atoms with E-state index >= 15 is 0 Å². The van der Waals surface area contributed by atoms with E-state index in [2.05, 4.69) is 27.1 Å². The summed E-state index contributed by atoms with van der Waals surface area (Å²) in [6.07, 6.45) is 5.35. The highest BCUT2D eigenvalue weighted by molar-refractivity contribution is 7.16. The smallest absolute Gasteiger partial charge is 0.132 e. The van der Waals surface area contributed by atoms with Gasteiger partial charge in [-0.05, 0) is 42.5 Å². The fraction of sp³-hybridized carbons (Fsp3) is 0.316. The summed E-state index contributed by atoms with van der Waals surface area (Å²) < 4.78 is 4.85. The van der Waals surface area contributed by atoms with E-state index in [9.17, 15) is 0 Å². The van der Waals surface area contributed by atoms with Gasteiger partial charge in [-0.2, -0.15) is 0 Å². The number of nitrogens with zero attached hydrogens (tertiary/aromatic N) is 3. The molecular formula is C19H22N4O2S. The molecule has 0 amide bonds. The molecule has 26 heavy (non-hydrogen) atoms. The maximum Gasteiger partial charge on any atom is 0.132 e. The molecule has 2 unspecified atom stereocenters. The second-order valence-electron chi connectivity index (χ2n) is 6.02. The highest BCUT2D eigenvalue weighted by Gasteiger charge is 2.27. The summed E-state index contributed by atoms with van der Waals surface area (Å²) in [5, 5.41) is 12.0. The fourth-order valence-corrected chi connectivity index (χ4v) is 3.37. The van der Waals surface area contributed by atoms with Crippen molar-refractivity contribution in [2.24, 2.45) is 4.99 Å². The Bertz CT molecular complexity index is 907. The van der Waals surface area contributed by atoms with Crippen molar-refractivity contribution in [3.63, 3.8) is 0 Å². The highest BCUT2D eigenvalue weighted by Crippen LogP contribution is 2.25. The van der Waals surface area contributed by atoms with Crippen LogP contribution in [0.3, 0.4) is 0 Å². The van der Waals surface area contributed by atoms with Crippen molar-refractivity contribution < 1.29 is 9.84 Å². The molecule has 0 radical (unpaired) electrons. The lowest BCUT2D eigenvalue weighted by Crippen LogP contribution is -2.37. The lowest BCUT2D eigenvalue weighted by molar-refractivity contribution is -0.0760. The van der Waals surface area contributed by atoms with Gasteiger partial charge in [-0.1, -0.05) is 0 Å². The standard InChI is InChI=1S/C14H12N4S.C5H10O2/c1-16-7-11-6-10(8-17-13(11)15)12-3-2-9-4-5-19-14(9)18-12;1-7-5-3-2-4(5)6/h2-8H,1H3,(H2,15,17);4-6H,2-3H2,1H3. The Morgan fingerprint density at radius 3 is 2.81 bits per heavy atom. The molecular weight excluding hydrogens is 348 g/mol. The first-order valence-corrected chi connectivity index (χ1v) is 9.23. The van der Waals surface area contributed by atoms with Crippen LogP contribution in [0, 0.1) is 0 Å². The number of rotatable bonds is 3. The third-order valence-corrected chi connectivity index (χ3v) is 5.13. The van der Waals surface area contributed by atoms with Crippen LogP contribution < -0.4 is 5.73 Å². The average Bonchev–Trinajstić information content (AvgIpc) is 3.11. The first-order chi connectivity index (χ1) is 12.6. The topological polar surface area (TPSA) is 93.6 Å². The number of aliphatic hydroxyl groups excluding tert-OH is 1. The van der Waals surface area contributed by atoms with Crippen LogP contribution in [0.2, 0.25) is 0 Å². The molecule has 0 aliphatic heterocycles. The van der Waals surface area contributed by atoms with Crippen molar-refractivity contribution in [2.45, 2.75) is 25.0 Å². The molecule has 3 aromatic heterocycles. The minimum absolute atomic E-state index is 0.139. The van der Waals surface area contributed by atoms with E-state index < -0.39 is 0 Å². The number of hydrogen-bond acceptors (Lipinski definition) is 7. The number of methoxy groups -OCH3 is 1. The van der Waals surface area contributed by atoms with Gasteiger partial charge in [0.2, 0.25) is 0 Å². The molecule has 4 rings (SSSR count). The van der Waals surface area contributed by atoms with Crippen LogP contribution in [0.15, 0.2) is 40.8 Å². The number of aliphatic hydroxyl groups is 1. The summed E-state index contributed by atoms with van der Waals surface area (Å²) in [6, 6.07) is 8.08. The Morgan fingerprint density at radius 2 is 2.19 bits per heavy atom. The molecule has 0 saturated heterocycles. The van der Waals surface area contributed by atoms with Crippen LogP contribution in [-0.2, 0) is 4.74 Å². The number of aliphatic imine (C=N–C) groups is 1. The molecule has 3 N–H and O–H groups in total. The van der Waals surface area contributed by atoms with Gasteiger partial charge in [0.1, 0.15) is 10.6 Å². The van der Waals surface area contributed by atoms with Crippen LogP contribution in [0.25, 0.3) is 21.5 Å².